The molecule has 0 saturated carbocycles. The number of carbonyl (C=O) groups excluding carboxylic acids is 1. The summed E-state index contributed by atoms with van der Waals surface area (Å²) in [7, 11) is 0. The number of hydrogen-bond donors (Lipinski definition) is 0. The maximum atomic E-state index is 9.39. The predicted molar refractivity (Wildman–Crippen MR) is 79.6 cm³/mol. The Morgan fingerprint density at radius 2 is 1.31 bits per heavy atom. The van der Waals surface area contributed by atoms with Gasteiger partial charge in [-0.05, 0) is 44.8 Å². The molecular formula is C11H16Co2I2O. The molecule has 0 saturated heterocycles. The van der Waals surface area contributed by atoms with Gasteiger partial charge in [0.05, 0.1) is 0 Å². The molecule has 1 aliphatic rings. The first-order valence-electron chi connectivity index (χ1n) is 4.53. The molecule has 0 aromatic rings. The van der Waals surface area contributed by atoms with E-state index in [2.05, 4.69) is 34.6 Å². The Labute approximate surface area is 135 Å². The van der Waals surface area contributed by atoms with Crippen molar-refractivity contribution in [3.05, 3.63) is 22.3 Å². The first-order chi connectivity index (χ1) is 6.82. The average molecular weight is 536 g/mol. The van der Waals surface area contributed by atoms with E-state index in [1.807, 2.05) is 45.7 Å². The van der Waals surface area contributed by atoms with E-state index in [0.717, 1.165) is 0 Å². The summed E-state index contributed by atoms with van der Waals surface area (Å²) in [6.45, 7) is 10.7. The normalized spacial score (nSPS) is 16.3. The Morgan fingerprint density at radius 1 is 1.06 bits per heavy atom. The summed E-state index contributed by atoms with van der Waals surface area (Å²) >= 11 is 4.06. The summed E-state index contributed by atoms with van der Waals surface area (Å²) in [4.78, 5) is 11.2. The fourth-order valence-electron chi connectivity index (χ4n) is 1.57. The quantitative estimate of drug-likeness (QED) is 0.412. The molecule has 0 bridgehead atoms. The molecule has 1 radical (unpaired) electrons. The standard InChI is InChI=1S/C10H16.CO.2Co.2HI/c1-6-7(2)9(4)10(5)8(6)3;1-2;;;;/h6H,1-5H3;;;;2*1H/q;;;+2;;/p-2. The molecule has 98 valence electrons. The van der Waals surface area contributed by atoms with E-state index in [4.69, 9.17) is 0 Å². The van der Waals surface area contributed by atoms with E-state index < -0.39 is 6.79 Å². The van der Waals surface area contributed by atoms with E-state index in [1.54, 1.807) is 11.1 Å². The zero-order chi connectivity index (χ0) is 12.2. The van der Waals surface area contributed by atoms with Crippen LogP contribution < -0.4 is 0 Å². The molecule has 5 heteroatoms. The number of halogens is 2. The number of rotatable bonds is 0. The van der Waals surface area contributed by atoms with Gasteiger partial charge in [-0.2, -0.15) is 0 Å². The summed E-state index contributed by atoms with van der Waals surface area (Å²) in [5, 5.41) is 0. The minimum Gasteiger partial charge on any atom is 0 e. The van der Waals surface area contributed by atoms with Crippen molar-refractivity contribution >= 4 is 45.7 Å². The van der Waals surface area contributed by atoms with Gasteiger partial charge in [-0.15, -0.1) is 0 Å². The molecule has 0 unspecified atom stereocenters. The first kappa shape index (κ1) is 19.9. The topological polar surface area (TPSA) is 17.1 Å². The van der Waals surface area contributed by atoms with E-state index >= 15 is 0 Å². The Bertz CT molecular complexity index is 338. The van der Waals surface area contributed by atoms with Crippen molar-refractivity contribution in [1.29, 1.82) is 0 Å². The van der Waals surface area contributed by atoms with Crippen LogP contribution in [0.1, 0.15) is 34.6 Å². The van der Waals surface area contributed by atoms with Crippen LogP contribution in [-0.2, 0) is 28.4 Å². The SMILES string of the molecule is CC1=C(C)C(C)C(C)=C1C.O=[C]=[Co]([I])[I].[Co]. The fraction of sp³-hybridized carbons (Fsp3) is 0.545. The molecule has 0 atom stereocenters. The van der Waals surface area contributed by atoms with E-state index in [-0.39, 0.29) is 16.8 Å². The monoisotopic (exact) mass is 536 g/mol. The minimum absolute atomic E-state index is 0. The molecule has 0 aromatic heterocycles. The summed E-state index contributed by atoms with van der Waals surface area (Å²) < 4.78 is 0. The third kappa shape index (κ3) is 5.92. The van der Waals surface area contributed by atoms with Crippen LogP contribution in [-0.4, -0.2) is 4.82 Å². The van der Waals surface area contributed by atoms with E-state index in [1.165, 1.54) is 11.1 Å². The van der Waals surface area contributed by atoms with Crippen LogP contribution in [0.4, 0.5) is 0 Å². The van der Waals surface area contributed by atoms with Gasteiger partial charge >= 0.3 is 57.2 Å². The van der Waals surface area contributed by atoms with Crippen molar-refractivity contribution in [3.8, 4) is 0 Å². The van der Waals surface area contributed by atoms with Crippen LogP contribution in [0.25, 0.3) is 0 Å². The van der Waals surface area contributed by atoms with Gasteiger partial charge in [0.1, 0.15) is 0 Å². The maximum Gasteiger partial charge on any atom is 0 e. The Balaban J connectivity index is 0. The Morgan fingerprint density at radius 3 is 1.38 bits per heavy atom. The molecule has 0 heterocycles. The smallest absolute Gasteiger partial charge is 0 e. The van der Waals surface area contributed by atoms with Gasteiger partial charge in [0.15, 0.2) is 0 Å². The van der Waals surface area contributed by atoms with Gasteiger partial charge in [-0.25, -0.2) is 0 Å². The van der Waals surface area contributed by atoms with Gasteiger partial charge in [0, 0.05) is 16.8 Å². The van der Waals surface area contributed by atoms with Crippen molar-refractivity contribution in [2.24, 2.45) is 5.92 Å². The Kier molecular flexibility index (Phi) is 11.7. The van der Waals surface area contributed by atoms with Crippen LogP contribution >= 0.6 is 40.8 Å². The third-order valence-corrected chi connectivity index (χ3v) is 4.47. The zero-order valence-corrected chi connectivity index (χ0v) is 16.3. The molecular weight excluding hydrogens is 520 g/mol. The number of hydrogen-bond acceptors (Lipinski definition) is 1. The van der Waals surface area contributed by atoms with Gasteiger partial charge in [-0.1, -0.05) is 18.1 Å². The summed E-state index contributed by atoms with van der Waals surface area (Å²) in [6, 6.07) is 0. The van der Waals surface area contributed by atoms with Crippen LogP contribution in [0.15, 0.2) is 22.3 Å². The summed E-state index contributed by atoms with van der Waals surface area (Å²) in [5.74, 6) is 0.694. The largest absolute Gasteiger partial charge is 0 e. The average Bonchev–Trinajstić information content (AvgIpc) is 2.37. The molecule has 0 spiro atoms. The number of allylic oxidation sites excluding steroid dienone is 4. The predicted octanol–water partition coefficient (Wildman–Crippen LogP) is 4.68. The van der Waals surface area contributed by atoms with E-state index in [9.17, 15) is 4.79 Å². The van der Waals surface area contributed by atoms with Crippen LogP contribution in [0.3, 0.4) is 0 Å². The fourth-order valence-corrected chi connectivity index (χ4v) is 1.57. The summed E-state index contributed by atoms with van der Waals surface area (Å²) in [5.41, 5.74) is 6.11. The van der Waals surface area contributed by atoms with Crippen molar-refractivity contribution in [2.75, 3.05) is 0 Å². The zero-order valence-electron chi connectivity index (χ0n) is 9.91. The maximum absolute atomic E-state index is 9.39. The van der Waals surface area contributed by atoms with Crippen molar-refractivity contribution < 1.29 is 28.4 Å². The van der Waals surface area contributed by atoms with Crippen molar-refractivity contribution in [1.82, 2.24) is 0 Å². The third-order valence-electron chi connectivity index (χ3n) is 3.10. The molecule has 0 amide bonds. The van der Waals surface area contributed by atoms with Gasteiger partial charge in [0.25, 0.3) is 0 Å². The molecule has 1 aliphatic carbocycles. The second kappa shape index (κ2) is 9.46. The Hall–Kier alpha value is 1.53. The minimum atomic E-state index is -0.447. The molecule has 16 heavy (non-hydrogen) atoms. The van der Waals surface area contributed by atoms with Gasteiger partial charge < -0.3 is 0 Å². The van der Waals surface area contributed by atoms with Crippen LogP contribution in [0, 0.1) is 5.92 Å². The van der Waals surface area contributed by atoms with Gasteiger partial charge in [-0.3, -0.25) is 0 Å². The van der Waals surface area contributed by atoms with Crippen molar-refractivity contribution in [2.45, 2.75) is 34.6 Å². The first-order valence-corrected chi connectivity index (χ1v) is 11.8. The van der Waals surface area contributed by atoms with E-state index in [0.29, 0.717) is 5.92 Å². The van der Waals surface area contributed by atoms with Crippen LogP contribution in [0.2, 0.25) is 0 Å². The molecule has 0 fully saturated rings. The molecule has 0 aromatic carbocycles. The second-order valence-electron chi connectivity index (χ2n) is 3.58. The molecule has 1 rings (SSSR count). The second-order valence-corrected chi connectivity index (χ2v) is 15.9. The molecule has 0 N–H and O–H groups in total. The van der Waals surface area contributed by atoms with Crippen LogP contribution in [0.5, 0.6) is 0 Å². The summed E-state index contributed by atoms with van der Waals surface area (Å²) in [6.07, 6.45) is 0. The molecule has 0 aliphatic heterocycles. The molecule has 1 nitrogen and oxygen atoms in total. The van der Waals surface area contributed by atoms with Gasteiger partial charge in [0.2, 0.25) is 0 Å². The van der Waals surface area contributed by atoms with Crippen molar-refractivity contribution in [3.63, 3.8) is 0 Å².